The summed E-state index contributed by atoms with van der Waals surface area (Å²) in [5, 5.41) is 18.4. The van der Waals surface area contributed by atoms with E-state index < -0.39 is 19.1 Å². The molecule has 102 valence electrons. The average Bonchev–Trinajstić information content (AvgIpc) is 2.27. The van der Waals surface area contributed by atoms with Crippen LogP contribution < -0.4 is 4.90 Å². The second-order valence-electron chi connectivity index (χ2n) is 3.94. The molecule has 0 bridgehead atoms. The minimum atomic E-state index is -2.47. The lowest BCUT2D eigenvalue weighted by atomic mass is 10.1. The topological polar surface area (TPSA) is 43.7 Å². The molecule has 0 aliphatic heterocycles. The smallest absolute Gasteiger partial charge is 0.255 e. The van der Waals surface area contributed by atoms with Crippen LogP contribution in [0.5, 0.6) is 0 Å². The fourth-order valence-corrected chi connectivity index (χ4v) is 2.36. The maximum absolute atomic E-state index is 12.4. The van der Waals surface area contributed by atoms with Gasteiger partial charge in [0.15, 0.2) is 0 Å². The number of hydrogen-bond acceptors (Lipinski definition) is 3. The second-order valence-corrected chi connectivity index (χ2v) is 4.80. The third-order valence-corrected chi connectivity index (χ3v) is 3.21. The van der Waals surface area contributed by atoms with Gasteiger partial charge in [-0.05, 0) is 24.6 Å². The average molecular weight is 324 g/mol. The molecule has 6 heteroatoms. The Balaban J connectivity index is 2.95. The lowest BCUT2D eigenvalue weighted by Crippen LogP contribution is -2.31. The molecule has 18 heavy (non-hydrogen) atoms. The van der Waals surface area contributed by atoms with E-state index in [4.69, 9.17) is 5.11 Å². The Morgan fingerprint density at radius 1 is 1.39 bits per heavy atom. The van der Waals surface area contributed by atoms with E-state index in [0.29, 0.717) is 15.7 Å². The van der Waals surface area contributed by atoms with Gasteiger partial charge in [0.1, 0.15) is 0 Å². The van der Waals surface area contributed by atoms with Crippen LogP contribution in [0.25, 0.3) is 0 Å². The summed E-state index contributed by atoms with van der Waals surface area (Å²) in [6.45, 7) is 1.15. The van der Waals surface area contributed by atoms with Gasteiger partial charge < -0.3 is 15.1 Å². The molecule has 0 heterocycles. The Kier molecular flexibility index (Phi) is 5.98. The summed E-state index contributed by atoms with van der Waals surface area (Å²) < 4.78 is 25.5. The van der Waals surface area contributed by atoms with Gasteiger partial charge in [-0.2, -0.15) is 0 Å². The van der Waals surface area contributed by atoms with Gasteiger partial charge in [0.05, 0.1) is 19.3 Å². The number of hydrogen-bond donors (Lipinski definition) is 2. The van der Waals surface area contributed by atoms with E-state index in [0.717, 1.165) is 0 Å². The zero-order valence-electron chi connectivity index (χ0n) is 9.98. The molecule has 0 spiro atoms. The minimum absolute atomic E-state index is 0.144. The van der Waals surface area contributed by atoms with Crippen molar-refractivity contribution >= 4 is 21.6 Å². The minimum Gasteiger partial charge on any atom is -0.395 e. The van der Waals surface area contributed by atoms with Crippen LogP contribution in [0, 0.1) is 0 Å². The summed E-state index contributed by atoms with van der Waals surface area (Å²) in [7, 11) is 0. The van der Waals surface area contributed by atoms with Crippen molar-refractivity contribution in [2.45, 2.75) is 19.5 Å². The Morgan fingerprint density at radius 3 is 2.50 bits per heavy atom. The summed E-state index contributed by atoms with van der Waals surface area (Å²) >= 11 is 3.30. The lowest BCUT2D eigenvalue weighted by Gasteiger charge is -2.24. The van der Waals surface area contributed by atoms with Crippen LogP contribution in [0.15, 0.2) is 22.7 Å². The van der Waals surface area contributed by atoms with E-state index in [1.807, 2.05) is 0 Å². The Morgan fingerprint density at radius 2 is 2.06 bits per heavy atom. The first-order chi connectivity index (χ1) is 8.45. The van der Waals surface area contributed by atoms with Crippen molar-refractivity contribution in [3.63, 3.8) is 0 Å². The molecular formula is C12H16BrF2NO2. The monoisotopic (exact) mass is 323 g/mol. The van der Waals surface area contributed by atoms with Gasteiger partial charge in [-0.25, -0.2) is 8.78 Å². The van der Waals surface area contributed by atoms with E-state index in [-0.39, 0.29) is 13.2 Å². The maximum Gasteiger partial charge on any atom is 0.255 e. The summed E-state index contributed by atoms with van der Waals surface area (Å²) in [4.78, 5) is 1.40. The van der Waals surface area contributed by atoms with Gasteiger partial charge in [-0.3, -0.25) is 0 Å². The Bertz CT molecular complexity index is 388. The normalized spacial score (nSPS) is 12.8. The largest absolute Gasteiger partial charge is 0.395 e. The first-order valence-electron chi connectivity index (χ1n) is 5.57. The number of rotatable bonds is 6. The van der Waals surface area contributed by atoms with E-state index in [9.17, 15) is 13.9 Å². The van der Waals surface area contributed by atoms with Crippen molar-refractivity contribution < 1.29 is 19.0 Å². The molecule has 3 nitrogen and oxygen atoms in total. The Hall–Kier alpha value is -0.720. The van der Waals surface area contributed by atoms with Crippen molar-refractivity contribution in [1.82, 2.24) is 0 Å². The molecule has 1 atom stereocenters. The fraction of sp³-hybridized carbons (Fsp3) is 0.500. The molecule has 0 aliphatic rings. The number of nitrogens with zero attached hydrogens (tertiary/aromatic N) is 1. The maximum atomic E-state index is 12.4. The second kappa shape index (κ2) is 7.01. The van der Waals surface area contributed by atoms with Crippen molar-refractivity contribution in [1.29, 1.82) is 0 Å². The highest BCUT2D eigenvalue weighted by atomic mass is 79.9. The molecule has 1 rings (SSSR count). The molecule has 0 aliphatic carbocycles. The van der Waals surface area contributed by atoms with Crippen LogP contribution in [0.1, 0.15) is 18.6 Å². The van der Waals surface area contributed by atoms with Crippen LogP contribution in [0.2, 0.25) is 0 Å². The van der Waals surface area contributed by atoms with Crippen LogP contribution in [-0.2, 0) is 0 Å². The summed E-state index contributed by atoms with van der Waals surface area (Å²) in [6, 6.07) is 5.00. The predicted molar refractivity (Wildman–Crippen MR) is 70.1 cm³/mol. The van der Waals surface area contributed by atoms with Crippen molar-refractivity contribution in [2.24, 2.45) is 0 Å². The van der Waals surface area contributed by atoms with Crippen molar-refractivity contribution in [2.75, 3.05) is 24.6 Å². The van der Waals surface area contributed by atoms with Gasteiger partial charge in [-0.1, -0.05) is 22.0 Å². The molecule has 0 unspecified atom stereocenters. The third-order valence-electron chi connectivity index (χ3n) is 2.53. The van der Waals surface area contributed by atoms with E-state index in [2.05, 4.69) is 15.9 Å². The highest BCUT2D eigenvalue weighted by Gasteiger charge is 2.14. The van der Waals surface area contributed by atoms with Gasteiger partial charge in [0, 0.05) is 16.7 Å². The fourth-order valence-electron chi connectivity index (χ4n) is 1.66. The van der Waals surface area contributed by atoms with Gasteiger partial charge in [0.2, 0.25) is 0 Å². The van der Waals surface area contributed by atoms with E-state index in [1.165, 1.54) is 4.90 Å². The molecule has 1 aromatic rings. The van der Waals surface area contributed by atoms with Gasteiger partial charge in [0.25, 0.3) is 6.43 Å². The molecule has 0 radical (unpaired) electrons. The SMILES string of the molecule is C[C@H](O)c1ccc(N(CCO)CC(F)F)cc1Br. The predicted octanol–water partition coefficient (Wildman–Crippen LogP) is 2.57. The molecule has 1 aromatic carbocycles. The van der Waals surface area contributed by atoms with Crippen LogP contribution in [0.3, 0.4) is 0 Å². The van der Waals surface area contributed by atoms with Crippen LogP contribution in [-0.4, -0.2) is 36.3 Å². The molecule has 0 amide bonds. The molecule has 0 aromatic heterocycles. The number of aliphatic hydroxyl groups excluding tert-OH is 2. The molecule has 0 fully saturated rings. The third kappa shape index (κ3) is 4.19. The Labute approximate surface area is 113 Å². The van der Waals surface area contributed by atoms with Crippen molar-refractivity contribution in [3.05, 3.63) is 28.2 Å². The van der Waals surface area contributed by atoms with Gasteiger partial charge >= 0.3 is 0 Å². The molecular weight excluding hydrogens is 308 g/mol. The molecule has 0 saturated heterocycles. The van der Waals surface area contributed by atoms with Crippen LogP contribution >= 0.6 is 15.9 Å². The highest BCUT2D eigenvalue weighted by Crippen LogP contribution is 2.28. The first kappa shape index (κ1) is 15.3. The number of anilines is 1. The van der Waals surface area contributed by atoms with Crippen molar-refractivity contribution in [3.8, 4) is 0 Å². The number of alkyl halides is 2. The first-order valence-corrected chi connectivity index (χ1v) is 6.36. The number of benzene rings is 1. The highest BCUT2D eigenvalue weighted by molar-refractivity contribution is 9.10. The zero-order valence-corrected chi connectivity index (χ0v) is 11.6. The molecule has 2 N–H and O–H groups in total. The van der Waals surface area contributed by atoms with Gasteiger partial charge in [-0.15, -0.1) is 0 Å². The van der Waals surface area contributed by atoms with Crippen LogP contribution in [0.4, 0.5) is 14.5 Å². The number of aliphatic hydroxyl groups is 2. The summed E-state index contributed by atoms with van der Waals surface area (Å²) in [6.07, 6.45) is -3.10. The quantitative estimate of drug-likeness (QED) is 0.845. The summed E-state index contributed by atoms with van der Waals surface area (Å²) in [5.41, 5.74) is 1.28. The lowest BCUT2D eigenvalue weighted by molar-refractivity contribution is 0.152. The number of halogens is 3. The molecule has 0 saturated carbocycles. The van der Waals surface area contributed by atoms with E-state index >= 15 is 0 Å². The zero-order chi connectivity index (χ0) is 13.7. The van der Waals surface area contributed by atoms with E-state index in [1.54, 1.807) is 25.1 Å². The standard InChI is InChI=1S/C12H16BrF2NO2/c1-8(18)10-3-2-9(6-11(10)13)16(4-5-17)7-12(14)15/h2-3,6,8,12,17-18H,4-5,7H2,1H3/t8-/m0/s1. The summed E-state index contributed by atoms with van der Waals surface area (Å²) in [5.74, 6) is 0.